The van der Waals surface area contributed by atoms with Crippen LogP contribution in [0.25, 0.3) is 0 Å². The van der Waals surface area contributed by atoms with Gasteiger partial charge in [0.15, 0.2) is 6.04 Å². The highest BCUT2D eigenvalue weighted by molar-refractivity contribution is 6.08. The fourth-order valence-corrected chi connectivity index (χ4v) is 4.37. The number of anilines is 2. The maximum Gasteiger partial charge on any atom is 0.410 e. The van der Waals surface area contributed by atoms with Gasteiger partial charge in [-0.1, -0.05) is 30.3 Å². The number of aryl methyl sites for hydroxylation is 1. The lowest BCUT2D eigenvalue weighted by Gasteiger charge is -2.32. The number of carbonyl (C=O) groups excluding carboxylic acids is 1. The van der Waals surface area contributed by atoms with Crippen LogP contribution in [0.3, 0.4) is 0 Å². The van der Waals surface area contributed by atoms with Crippen molar-refractivity contribution < 1.29 is 22.4 Å². The van der Waals surface area contributed by atoms with E-state index in [1.807, 2.05) is 37.3 Å². The van der Waals surface area contributed by atoms with Crippen molar-refractivity contribution >= 4 is 17.4 Å². The van der Waals surface area contributed by atoms with Crippen molar-refractivity contribution in [2.45, 2.75) is 45.1 Å². The van der Waals surface area contributed by atoms with E-state index in [0.29, 0.717) is 23.7 Å². The number of aromatic nitrogens is 4. The summed E-state index contributed by atoms with van der Waals surface area (Å²) in [6, 6.07) is 10.3. The number of furan rings is 1. The van der Waals surface area contributed by atoms with Gasteiger partial charge in [-0.05, 0) is 31.5 Å². The van der Waals surface area contributed by atoms with Gasteiger partial charge < -0.3 is 15.1 Å². The Morgan fingerprint density at radius 1 is 1.20 bits per heavy atom. The molecule has 1 aromatic carbocycles. The Balaban J connectivity index is 1.43. The van der Waals surface area contributed by atoms with Crippen LogP contribution >= 0.6 is 0 Å². The first kappa shape index (κ1) is 22.8. The van der Waals surface area contributed by atoms with Gasteiger partial charge in [0.05, 0.1) is 42.1 Å². The third-order valence-electron chi connectivity index (χ3n) is 6.16. The van der Waals surface area contributed by atoms with Crippen molar-refractivity contribution in [3.63, 3.8) is 0 Å². The third-order valence-corrected chi connectivity index (χ3v) is 6.16. The number of carbonyl (C=O) groups is 1. The van der Waals surface area contributed by atoms with E-state index >= 15 is 0 Å². The van der Waals surface area contributed by atoms with Crippen LogP contribution in [0.4, 0.5) is 24.7 Å². The Labute approximate surface area is 198 Å². The molecule has 0 aliphatic carbocycles. The molecule has 1 aliphatic rings. The maximum absolute atomic E-state index is 13.8. The number of nitrogens with zero attached hydrogens (tertiary/aromatic N) is 4. The summed E-state index contributed by atoms with van der Waals surface area (Å²) in [4.78, 5) is 13.2. The van der Waals surface area contributed by atoms with Gasteiger partial charge in [-0.15, -0.1) is 0 Å². The van der Waals surface area contributed by atoms with Crippen molar-refractivity contribution in [1.82, 2.24) is 19.6 Å². The normalized spacial score (nSPS) is 17.6. The van der Waals surface area contributed by atoms with Crippen LogP contribution in [-0.2, 0) is 6.54 Å². The Morgan fingerprint density at radius 3 is 2.66 bits per heavy atom. The largest absolute Gasteiger partial charge is 0.467 e. The highest BCUT2D eigenvalue weighted by Crippen LogP contribution is 2.44. The van der Waals surface area contributed by atoms with E-state index in [9.17, 15) is 18.0 Å². The number of hydrogen-bond acceptors (Lipinski definition) is 5. The number of halogens is 3. The molecular weight excluding hydrogens is 461 g/mol. The topological polar surface area (TPSA) is 89.9 Å². The van der Waals surface area contributed by atoms with Gasteiger partial charge in [-0.3, -0.25) is 9.48 Å². The molecule has 35 heavy (non-hydrogen) atoms. The average molecular weight is 484 g/mol. The molecule has 0 saturated heterocycles. The molecule has 1 amide bonds. The number of hydrogen-bond donors (Lipinski definition) is 2. The number of rotatable bonds is 5. The summed E-state index contributed by atoms with van der Waals surface area (Å²) >= 11 is 0. The SMILES string of the molecule is Cc1nn(Cc2ccccc2)c(C)c1NC(=O)c1cnn2c1N[C@H](c1ccco1)C[C@H]2C(F)(F)F. The number of nitrogens with one attached hydrogen (secondary N) is 2. The van der Waals surface area contributed by atoms with Crippen LogP contribution in [0.15, 0.2) is 59.3 Å². The summed E-state index contributed by atoms with van der Waals surface area (Å²) in [5.74, 6) is -0.235. The van der Waals surface area contributed by atoms with Gasteiger partial charge >= 0.3 is 6.18 Å². The summed E-state index contributed by atoms with van der Waals surface area (Å²) in [5.41, 5.74) is 2.90. The molecule has 0 unspecified atom stereocenters. The van der Waals surface area contributed by atoms with Crippen LogP contribution in [0, 0.1) is 13.8 Å². The third kappa shape index (κ3) is 4.29. The molecule has 0 radical (unpaired) electrons. The molecule has 4 heterocycles. The van der Waals surface area contributed by atoms with Gasteiger partial charge in [0.1, 0.15) is 17.1 Å². The molecule has 2 N–H and O–H groups in total. The van der Waals surface area contributed by atoms with Gasteiger partial charge in [-0.25, -0.2) is 4.68 Å². The predicted molar refractivity (Wildman–Crippen MR) is 122 cm³/mol. The number of fused-ring (bicyclic) bond motifs is 1. The Bertz CT molecular complexity index is 1340. The quantitative estimate of drug-likeness (QED) is 0.404. The molecule has 8 nitrogen and oxygen atoms in total. The summed E-state index contributed by atoms with van der Waals surface area (Å²) < 4.78 is 49.5. The molecule has 0 fully saturated rings. The van der Waals surface area contributed by atoms with Crippen LogP contribution in [0.5, 0.6) is 0 Å². The van der Waals surface area contributed by atoms with E-state index in [2.05, 4.69) is 20.8 Å². The van der Waals surface area contributed by atoms with E-state index in [0.717, 1.165) is 22.1 Å². The predicted octanol–water partition coefficient (Wildman–Crippen LogP) is 5.25. The van der Waals surface area contributed by atoms with Gasteiger partial charge in [0, 0.05) is 6.42 Å². The fraction of sp³-hybridized carbons (Fsp3) is 0.292. The Kier molecular flexibility index (Phi) is 5.62. The zero-order chi connectivity index (χ0) is 24.7. The summed E-state index contributed by atoms with van der Waals surface area (Å²) in [7, 11) is 0. The Hall–Kier alpha value is -4.02. The molecule has 1 aliphatic heterocycles. The van der Waals surface area contributed by atoms with E-state index in [1.54, 1.807) is 23.7 Å². The standard InChI is InChI=1S/C24H23F3N6O2/c1-14-21(15(2)32(31-14)13-16-7-4-3-5-8-16)30-23(34)17-12-28-33-20(24(25,26)27)11-18(29-22(17)33)19-9-6-10-35-19/h3-10,12,18,20,29H,11,13H2,1-2H3,(H,30,34)/t18-,20-/m0/s1. The molecule has 2 atom stereocenters. The summed E-state index contributed by atoms with van der Waals surface area (Å²) in [6.07, 6.45) is -2.30. The van der Waals surface area contributed by atoms with Crippen molar-refractivity contribution in [3.8, 4) is 0 Å². The Morgan fingerprint density at radius 2 is 1.97 bits per heavy atom. The first-order valence-electron chi connectivity index (χ1n) is 11.1. The van der Waals surface area contributed by atoms with E-state index in [1.165, 1.54) is 6.26 Å². The van der Waals surface area contributed by atoms with Crippen molar-refractivity contribution in [3.05, 3.63) is 83.2 Å². The zero-order valence-corrected chi connectivity index (χ0v) is 19.0. The number of benzene rings is 1. The van der Waals surface area contributed by atoms with Crippen molar-refractivity contribution in [1.29, 1.82) is 0 Å². The molecule has 4 aromatic rings. The smallest absolute Gasteiger partial charge is 0.410 e. The molecular formula is C24H23F3N6O2. The molecule has 0 spiro atoms. The highest BCUT2D eigenvalue weighted by atomic mass is 19.4. The highest BCUT2D eigenvalue weighted by Gasteiger charge is 2.47. The molecule has 182 valence electrons. The van der Waals surface area contributed by atoms with Crippen molar-refractivity contribution in [2.24, 2.45) is 0 Å². The minimum Gasteiger partial charge on any atom is -0.467 e. The first-order valence-corrected chi connectivity index (χ1v) is 11.1. The molecule has 5 rings (SSSR count). The fourth-order valence-electron chi connectivity index (χ4n) is 4.37. The van der Waals surface area contributed by atoms with Crippen LogP contribution < -0.4 is 10.6 Å². The lowest BCUT2D eigenvalue weighted by atomic mass is 10.0. The summed E-state index contributed by atoms with van der Waals surface area (Å²) in [5, 5.41) is 14.3. The second-order valence-electron chi connectivity index (χ2n) is 8.50. The molecule has 11 heteroatoms. The second kappa shape index (κ2) is 8.64. The van der Waals surface area contributed by atoms with Crippen LogP contribution in [-0.4, -0.2) is 31.6 Å². The minimum atomic E-state index is -4.55. The maximum atomic E-state index is 13.8. The lowest BCUT2D eigenvalue weighted by molar-refractivity contribution is -0.174. The first-order chi connectivity index (χ1) is 16.7. The minimum absolute atomic E-state index is 0.00474. The molecule has 0 bridgehead atoms. The van der Waals surface area contributed by atoms with E-state index < -0.39 is 24.2 Å². The lowest BCUT2D eigenvalue weighted by Crippen LogP contribution is -2.36. The van der Waals surface area contributed by atoms with Gasteiger partial charge in [0.2, 0.25) is 0 Å². The number of alkyl halides is 3. The van der Waals surface area contributed by atoms with Crippen LogP contribution in [0.1, 0.15) is 51.6 Å². The van der Waals surface area contributed by atoms with E-state index in [4.69, 9.17) is 4.42 Å². The average Bonchev–Trinajstić information content (AvgIpc) is 3.55. The molecule has 3 aromatic heterocycles. The van der Waals surface area contributed by atoms with Crippen molar-refractivity contribution in [2.75, 3.05) is 10.6 Å². The number of amides is 1. The van der Waals surface area contributed by atoms with Crippen LogP contribution in [0.2, 0.25) is 0 Å². The van der Waals surface area contributed by atoms with E-state index in [-0.39, 0.29) is 17.8 Å². The monoisotopic (exact) mass is 484 g/mol. The van der Waals surface area contributed by atoms with Gasteiger partial charge in [0.25, 0.3) is 5.91 Å². The second-order valence-corrected chi connectivity index (χ2v) is 8.50. The molecule has 0 saturated carbocycles. The summed E-state index contributed by atoms with van der Waals surface area (Å²) in [6.45, 7) is 4.12. The van der Waals surface area contributed by atoms with Gasteiger partial charge in [-0.2, -0.15) is 23.4 Å². The zero-order valence-electron chi connectivity index (χ0n) is 19.0.